The lowest BCUT2D eigenvalue weighted by Crippen LogP contribution is -2.05. The Bertz CT molecular complexity index is 3740. The van der Waals surface area contributed by atoms with E-state index in [2.05, 4.69) is 217 Å². The smallest absolute Gasteiger partial charge is 0.160 e. The predicted molar refractivity (Wildman–Crippen MR) is 259 cm³/mol. The maximum Gasteiger partial charge on any atom is 0.160 e. The number of fused-ring (bicyclic) bond motifs is 11. The molecule has 0 atom stereocenters. The van der Waals surface area contributed by atoms with Gasteiger partial charge in [0.15, 0.2) is 11.5 Å². The van der Waals surface area contributed by atoms with E-state index in [0.29, 0.717) is 0 Å². The summed E-state index contributed by atoms with van der Waals surface area (Å²) in [6.07, 6.45) is 0. The van der Waals surface area contributed by atoms with E-state index in [1.165, 1.54) is 87.8 Å². The third-order valence-corrected chi connectivity index (χ3v) is 13.2. The number of rotatable bonds is 4. The van der Waals surface area contributed by atoms with Crippen molar-refractivity contribution in [3.63, 3.8) is 0 Å². The third-order valence-electron chi connectivity index (χ3n) is 13.2. The highest BCUT2D eigenvalue weighted by Gasteiger charge is 2.27. The summed E-state index contributed by atoms with van der Waals surface area (Å²) >= 11 is 0. The first kappa shape index (κ1) is 35.0. The van der Waals surface area contributed by atoms with Crippen molar-refractivity contribution in [2.75, 3.05) is 0 Å². The first-order valence-corrected chi connectivity index (χ1v) is 21.5. The van der Waals surface area contributed by atoms with Gasteiger partial charge in [-0.15, -0.1) is 0 Å². The zero-order chi connectivity index (χ0) is 41.4. The first-order chi connectivity index (χ1) is 30.4. The molecular formula is C58H41N3O. The molecule has 0 saturated heterocycles. The second-order valence-electron chi connectivity index (χ2n) is 17.3. The Morgan fingerprint density at radius 2 is 0.806 bits per heavy atom. The van der Waals surface area contributed by atoms with E-state index in [1.807, 2.05) is 0 Å². The van der Waals surface area contributed by atoms with Crippen LogP contribution in [-0.4, -0.2) is 13.7 Å². The quantitative estimate of drug-likeness (QED) is 0.174. The normalized spacial score (nSPS) is 12.3. The van der Waals surface area contributed by atoms with E-state index >= 15 is 0 Å². The molecule has 1 aliphatic rings. The number of hydrogen-bond donors (Lipinski definition) is 0. The molecular weight excluding hydrogens is 755 g/mol. The summed E-state index contributed by atoms with van der Waals surface area (Å²) in [6.45, 7) is 8.68. The van der Waals surface area contributed by atoms with Gasteiger partial charge in [-0.05, 0) is 141 Å². The summed E-state index contributed by atoms with van der Waals surface area (Å²) in [5, 5.41) is 7.54. The SMILES string of the molecule is Cc1ccc2c(c1)c1cc(C)ccc1n2-c1ccc(-c2ccc3c4ccc(-c5ccc(-n6c7ccc(C)cc7c7cc(C)ccc76)cc5)c5c4n(c3c2)-c2ccccc2O5)cc1. The molecule has 3 aromatic heterocycles. The van der Waals surface area contributed by atoms with Gasteiger partial charge in [0, 0.05) is 49.3 Å². The van der Waals surface area contributed by atoms with Gasteiger partial charge in [0.05, 0.1) is 38.8 Å². The van der Waals surface area contributed by atoms with Crippen LogP contribution in [0, 0.1) is 27.7 Å². The van der Waals surface area contributed by atoms with Crippen LogP contribution in [0.4, 0.5) is 0 Å². The number of ether oxygens (including phenoxy) is 1. The summed E-state index contributed by atoms with van der Waals surface area (Å²) in [5.41, 5.74) is 20.1. The number of aryl methyl sites for hydroxylation is 4. The highest BCUT2D eigenvalue weighted by Crippen LogP contribution is 2.50. The van der Waals surface area contributed by atoms with Crippen LogP contribution in [0.15, 0.2) is 176 Å². The van der Waals surface area contributed by atoms with E-state index in [4.69, 9.17) is 4.74 Å². The van der Waals surface area contributed by atoms with E-state index in [9.17, 15) is 0 Å². The number of para-hydroxylation sites is 2. The molecule has 12 aromatic rings. The van der Waals surface area contributed by atoms with E-state index in [0.717, 1.165) is 50.7 Å². The number of aromatic nitrogens is 3. The zero-order valence-electron chi connectivity index (χ0n) is 35.0. The van der Waals surface area contributed by atoms with Gasteiger partial charge >= 0.3 is 0 Å². The molecule has 0 radical (unpaired) electrons. The van der Waals surface area contributed by atoms with Crippen LogP contribution >= 0.6 is 0 Å². The fraction of sp³-hybridized carbons (Fsp3) is 0.0690. The molecule has 0 fully saturated rings. The summed E-state index contributed by atoms with van der Waals surface area (Å²) in [4.78, 5) is 0. The van der Waals surface area contributed by atoms with Crippen LogP contribution in [0.1, 0.15) is 22.3 Å². The third kappa shape index (κ3) is 5.01. The second-order valence-corrected chi connectivity index (χ2v) is 17.3. The Morgan fingerprint density at radius 1 is 0.339 bits per heavy atom. The molecule has 294 valence electrons. The van der Waals surface area contributed by atoms with Gasteiger partial charge < -0.3 is 18.4 Å². The molecule has 62 heavy (non-hydrogen) atoms. The summed E-state index contributed by atoms with van der Waals surface area (Å²) in [6, 6.07) is 65.0. The van der Waals surface area contributed by atoms with Gasteiger partial charge in [-0.3, -0.25) is 0 Å². The van der Waals surface area contributed by atoms with Gasteiger partial charge in [0.2, 0.25) is 0 Å². The maximum absolute atomic E-state index is 6.91. The minimum atomic E-state index is 0.852. The Labute approximate surface area is 359 Å². The Balaban J connectivity index is 0.930. The molecule has 4 heteroatoms. The highest BCUT2D eigenvalue weighted by molar-refractivity contribution is 6.15. The van der Waals surface area contributed by atoms with Crippen molar-refractivity contribution in [2.45, 2.75) is 27.7 Å². The molecule has 13 rings (SSSR count). The predicted octanol–water partition coefficient (Wildman–Crippen LogP) is 15.7. The Morgan fingerprint density at radius 3 is 1.34 bits per heavy atom. The standard InChI is InChI=1S/C58H41N3O/c1-34-9-25-50-46(29-34)47-30-35(2)10-26-51(47)59(50)41-18-13-38(14-19-41)40-17-22-44-45-24-23-43(58-57(45)61(55(44)33-40)54-7-5-6-8-56(54)62-58)39-15-20-42(21-16-39)60-52-27-11-36(3)31-48(52)49-32-37(4)12-28-53(49)60/h5-33H,1-4H3. The molecule has 0 spiro atoms. The lowest BCUT2D eigenvalue weighted by Gasteiger charge is -2.23. The van der Waals surface area contributed by atoms with Crippen molar-refractivity contribution in [3.05, 3.63) is 198 Å². The lowest BCUT2D eigenvalue weighted by molar-refractivity contribution is 0.478. The van der Waals surface area contributed by atoms with Gasteiger partial charge in [-0.2, -0.15) is 0 Å². The molecule has 1 aliphatic heterocycles. The summed E-state index contributed by atoms with van der Waals surface area (Å²) in [7, 11) is 0. The van der Waals surface area contributed by atoms with Gasteiger partial charge in [0.1, 0.15) is 0 Å². The largest absolute Gasteiger partial charge is 0.452 e. The monoisotopic (exact) mass is 795 g/mol. The fourth-order valence-corrected chi connectivity index (χ4v) is 10.3. The average molecular weight is 796 g/mol. The topological polar surface area (TPSA) is 24.0 Å². The first-order valence-electron chi connectivity index (χ1n) is 21.5. The molecule has 0 saturated carbocycles. The second kappa shape index (κ2) is 12.8. The van der Waals surface area contributed by atoms with Crippen LogP contribution in [0.5, 0.6) is 11.5 Å². The minimum Gasteiger partial charge on any atom is -0.452 e. The van der Waals surface area contributed by atoms with Crippen molar-refractivity contribution in [3.8, 4) is 50.8 Å². The van der Waals surface area contributed by atoms with E-state index in [-0.39, 0.29) is 0 Å². The molecule has 4 nitrogen and oxygen atoms in total. The highest BCUT2D eigenvalue weighted by atomic mass is 16.5. The summed E-state index contributed by atoms with van der Waals surface area (Å²) in [5.74, 6) is 1.74. The van der Waals surface area contributed by atoms with Crippen LogP contribution in [0.2, 0.25) is 0 Å². The Hall–Kier alpha value is -7.82. The van der Waals surface area contributed by atoms with Crippen molar-refractivity contribution < 1.29 is 4.74 Å². The van der Waals surface area contributed by atoms with Crippen molar-refractivity contribution in [1.29, 1.82) is 0 Å². The summed E-state index contributed by atoms with van der Waals surface area (Å²) < 4.78 is 14.1. The average Bonchev–Trinajstić information content (AvgIpc) is 3.92. The Kier molecular flexibility index (Phi) is 7.25. The minimum absolute atomic E-state index is 0.852. The van der Waals surface area contributed by atoms with Crippen molar-refractivity contribution in [1.82, 2.24) is 13.7 Å². The number of benzene rings is 9. The van der Waals surface area contributed by atoms with Crippen LogP contribution in [-0.2, 0) is 0 Å². The van der Waals surface area contributed by atoms with Gasteiger partial charge in [0.25, 0.3) is 0 Å². The molecule has 0 bridgehead atoms. The van der Waals surface area contributed by atoms with Crippen molar-refractivity contribution in [2.24, 2.45) is 0 Å². The fourth-order valence-electron chi connectivity index (χ4n) is 10.3. The van der Waals surface area contributed by atoms with Crippen molar-refractivity contribution >= 4 is 65.4 Å². The molecule has 0 aliphatic carbocycles. The zero-order valence-corrected chi connectivity index (χ0v) is 35.0. The number of hydrogen-bond acceptors (Lipinski definition) is 1. The molecule has 4 heterocycles. The maximum atomic E-state index is 6.91. The van der Waals surface area contributed by atoms with Crippen LogP contribution < -0.4 is 4.74 Å². The molecule has 0 amide bonds. The molecule has 0 N–H and O–H groups in total. The molecule has 9 aromatic carbocycles. The van der Waals surface area contributed by atoms with Crippen LogP contribution in [0.3, 0.4) is 0 Å². The van der Waals surface area contributed by atoms with Crippen LogP contribution in [0.25, 0.3) is 105 Å². The van der Waals surface area contributed by atoms with E-state index < -0.39 is 0 Å². The number of nitrogens with zero attached hydrogens (tertiary/aromatic N) is 3. The lowest BCUT2D eigenvalue weighted by atomic mass is 10.00. The van der Waals surface area contributed by atoms with Gasteiger partial charge in [-0.25, -0.2) is 0 Å². The van der Waals surface area contributed by atoms with Gasteiger partial charge in [-0.1, -0.05) is 101 Å². The molecule has 0 unspecified atom stereocenters. The van der Waals surface area contributed by atoms with E-state index in [1.54, 1.807) is 0 Å².